The molecule has 0 spiro atoms. The highest BCUT2D eigenvalue weighted by molar-refractivity contribution is 5.92. The highest BCUT2D eigenvalue weighted by Crippen LogP contribution is 2.44. The topological polar surface area (TPSA) is 74.6 Å². The Kier molecular flexibility index (Phi) is 4.72. The first-order valence-corrected chi connectivity index (χ1v) is 6.44. The molecule has 0 radical (unpaired) electrons. The van der Waals surface area contributed by atoms with E-state index in [1.807, 2.05) is 0 Å². The maximum absolute atomic E-state index is 12.8. The number of carbonyl (C=O) groups is 2. The second-order valence-corrected chi connectivity index (χ2v) is 5.89. The molecule has 4 nitrogen and oxygen atoms in total. The van der Waals surface area contributed by atoms with Crippen molar-refractivity contribution in [2.75, 3.05) is 0 Å². The van der Waals surface area contributed by atoms with Gasteiger partial charge in [-0.3, -0.25) is 4.79 Å². The zero-order valence-electron chi connectivity index (χ0n) is 12.4. The lowest BCUT2D eigenvalue weighted by Gasteiger charge is -2.44. The minimum absolute atomic E-state index is 0.0277. The maximum Gasteiger partial charge on any atom is 0.416 e. The first kappa shape index (κ1) is 18.2. The molecule has 22 heavy (non-hydrogen) atoms. The molecule has 0 aromatic heterocycles. The van der Waals surface area contributed by atoms with Crippen LogP contribution in [0.3, 0.4) is 0 Å². The quantitative estimate of drug-likeness (QED) is 0.620. The molecule has 1 rings (SSSR count). The molecular weight excluding hydrogens is 301 g/mol. The summed E-state index contributed by atoms with van der Waals surface area (Å²) < 4.78 is 38.3. The van der Waals surface area contributed by atoms with Crippen LogP contribution in [0.4, 0.5) is 13.2 Å². The fourth-order valence-corrected chi connectivity index (χ4v) is 2.43. The summed E-state index contributed by atoms with van der Waals surface area (Å²) in [6, 6.07) is 0. The number of hydrogen-bond acceptors (Lipinski definition) is 3. The van der Waals surface area contributed by atoms with E-state index >= 15 is 0 Å². The van der Waals surface area contributed by atoms with Gasteiger partial charge in [0.05, 0.1) is 5.57 Å². The fourth-order valence-electron chi connectivity index (χ4n) is 2.43. The standard InChI is InChI=1S/C15H17F3O4/c1-9-6-11(19)8-13(2,3)14(9,22)5-4-10(7-12(20)21)15(16,17)18/h4-7,22H,8H2,1-3H3,(H,20,21)/b5-4+,10-7-. The smallest absolute Gasteiger partial charge is 0.416 e. The van der Waals surface area contributed by atoms with E-state index in [-0.39, 0.29) is 23.9 Å². The SMILES string of the molecule is CC1=CC(=O)CC(C)(C)C1(O)/C=C/C(=C/C(=O)O)C(F)(F)F. The van der Waals surface area contributed by atoms with Crippen LogP contribution in [0.15, 0.2) is 35.5 Å². The Hall–Kier alpha value is -1.89. The average molecular weight is 318 g/mol. The molecule has 0 aliphatic heterocycles. The Morgan fingerprint density at radius 3 is 2.32 bits per heavy atom. The van der Waals surface area contributed by atoms with E-state index in [2.05, 4.69) is 0 Å². The van der Waals surface area contributed by atoms with Gasteiger partial charge in [0, 0.05) is 17.9 Å². The number of allylic oxidation sites excluding steroid dienone is 3. The summed E-state index contributed by atoms with van der Waals surface area (Å²) in [5.74, 6) is -1.97. The average Bonchev–Trinajstić information content (AvgIpc) is 2.29. The van der Waals surface area contributed by atoms with E-state index in [4.69, 9.17) is 5.11 Å². The van der Waals surface area contributed by atoms with E-state index in [0.29, 0.717) is 6.08 Å². The lowest BCUT2D eigenvalue weighted by molar-refractivity contribution is -0.132. The van der Waals surface area contributed by atoms with Crippen molar-refractivity contribution in [3.63, 3.8) is 0 Å². The van der Waals surface area contributed by atoms with Crippen molar-refractivity contribution < 1.29 is 33.0 Å². The van der Waals surface area contributed by atoms with E-state index in [9.17, 15) is 27.9 Å². The monoisotopic (exact) mass is 318 g/mol. The molecule has 0 saturated heterocycles. The number of hydrogen-bond donors (Lipinski definition) is 2. The second-order valence-electron chi connectivity index (χ2n) is 5.89. The first-order chi connectivity index (χ1) is 9.79. The van der Waals surface area contributed by atoms with Crippen molar-refractivity contribution in [2.45, 2.75) is 39.0 Å². The van der Waals surface area contributed by atoms with Gasteiger partial charge in [-0.15, -0.1) is 0 Å². The third kappa shape index (κ3) is 3.65. The first-order valence-electron chi connectivity index (χ1n) is 6.44. The van der Waals surface area contributed by atoms with Gasteiger partial charge < -0.3 is 10.2 Å². The van der Waals surface area contributed by atoms with Crippen LogP contribution in [0.5, 0.6) is 0 Å². The predicted octanol–water partition coefficient (Wildman–Crippen LogP) is 2.79. The van der Waals surface area contributed by atoms with Crippen molar-refractivity contribution in [2.24, 2.45) is 5.41 Å². The van der Waals surface area contributed by atoms with Crippen LogP contribution >= 0.6 is 0 Å². The van der Waals surface area contributed by atoms with Gasteiger partial charge in [-0.2, -0.15) is 13.2 Å². The van der Waals surface area contributed by atoms with Gasteiger partial charge in [-0.05, 0) is 24.6 Å². The number of carbonyl (C=O) groups excluding carboxylic acids is 1. The van der Waals surface area contributed by atoms with Crippen LogP contribution in [0.2, 0.25) is 0 Å². The van der Waals surface area contributed by atoms with Gasteiger partial charge in [-0.1, -0.05) is 19.9 Å². The number of carboxylic acids is 1. The molecule has 2 N–H and O–H groups in total. The van der Waals surface area contributed by atoms with Crippen molar-refractivity contribution >= 4 is 11.8 Å². The van der Waals surface area contributed by atoms with Crippen LogP contribution in [0.1, 0.15) is 27.2 Å². The van der Waals surface area contributed by atoms with Gasteiger partial charge >= 0.3 is 12.1 Å². The lowest BCUT2D eigenvalue weighted by atomic mass is 9.64. The van der Waals surface area contributed by atoms with Crippen LogP contribution in [0.25, 0.3) is 0 Å². The molecule has 0 bridgehead atoms. The Morgan fingerprint density at radius 1 is 1.36 bits per heavy atom. The summed E-state index contributed by atoms with van der Waals surface area (Å²) in [7, 11) is 0. The van der Waals surface area contributed by atoms with Gasteiger partial charge in [0.1, 0.15) is 5.60 Å². The van der Waals surface area contributed by atoms with Crippen LogP contribution in [-0.4, -0.2) is 33.7 Å². The predicted molar refractivity (Wildman–Crippen MR) is 73.0 cm³/mol. The van der Waals surface area contributed by atoms with Crippen molar-refractivity contribution in [3.8, 4) is 0 Å². The summed E-state index contributed by atoms with van der Waals surface area (Å²) in [6.07, 6.45) is -2.26. The van der Waals surface area contributed by atoms with Gasteiger partial charge in [0.2, 0.25) is 0 Å². The van der Waals surface area contributed by atoms with E-state index in [0.717, 1.165) is 6.08 Å². The molecule has 0 saturated carbocycles. The summed E-state index contributed by atoms with van der Waals surface area (Å²) in [6.45, 7) is 4.55. The molecule has 1 aliphatic carbocycles. The normalized spacial score (nSPS) is 26.2. The van der Waals surface area contributed by atoms with E-state index in [1.54, 1.807) is 13.8 Å². The van der Waals surface area contributed by atoms with Crippen molar-refractivity contribution in [3.05, 3.63) is 35.5 Å². The molecule has 1 unspecified atom stereocenters. The Labute approximate surface area is 125 Å². The Bertz CT molecular complexity index is 582. The number of aliphatic hydroxyl groups is 1. The highest BCUT2D eigenvalue weighted by atomic mass is 19.4. The van der Waals surface area contributed by atoms with Crippen LogP contribution < -0.4 is 0 Å². The summed E-state index contributed by atoms with van der Waals surface area (Å²) in [5.41, 5.74) is -3.97. The third-order valence-corrected chi connectivity index (χ3v) is 3.74. The van der Waals surface area contributed by atoms with Crippen LogP contribution in [0, 0.1) is 5.41 Å². The van der Waals surface area contributed by atoms with Gasteiger partial charge in [-0.25, -0.2) is 4.79 Å². The molecule has 0 aromatic carbocycles. The number of aliphatic carboxylic acids is 1. The second kappa shape index (κ2) is 5.72. The molecular formula is C15H17F3O4. The highest BCUT2D eigenvalue weighted by Gasteiger charge is 2.47. The van der Waals surface area contributed by atoms with Crippen molar-refractivity contribution in [1.29, 1.82) is 0 Å². The molecule has 1 atom stereocenters. The Balaban J connectivity index is 3.32. The number of alkyl halides is 3. The summed E-state index contributed by atoms with van der Waals surface area (Å²) >= 11 is 0. The van der Waals surface area contributed by atoms with E-state index < -0.39 is 28.7 Å². The minimum atomic E-state index is -4.86. The van der Waals surface area contributed by atoms with Crippen molar-refractivity contribution in [1.82, 2.24) is 0 Å². The summed E-state index contributed by atoms with van der Waals surface area (Å²) in [5, 5.41) is 19.2. The third-order valence-electron chi connectivity index (χ3n) is 3.74. The number of carboxylic acid groups (broad SMARTS) is 1. The largest absolute Gasteiger partial charge is 0.478 e. The van der Waals surface area contributed by atoms with Crippen LogP contribution in [-0.2, 0) is 9.59 Å². The zero-order valence-corrected chi connectivity index (χ0v) is 12.4. The number of halogens is 3. The number of ketones is 1. The van der Waals surface area contributed by atoms with E-state index in [1.165, 1.54) is 13.0 Å². The summed E-state index contributed by atoms with van der Waals surface area (Å²) in [4.78, 5) is 22.0. The number of rotatable bonds is 3. The Morgan fingerprint density at radius 2 is 1.91 bits per heavy atom. The zero-order chi connectivity index (χ0) is 17.3. The molecule has 0 heterocycles. The van der Waals surface area contributed by atoms with Gasteiger partial charge in [0.25, 0.3) is 0 Å². The maximum atomic E-state index is 12.8. The fraction of sp³-hybridized carbons (Fsp3) is 0.467. The molecule has 0 fully saturated rings. The molecule has 122 valence electrons. The molecule has 0 aromatic rings. The molecule has 7 heteroatoms. The lowest BCUT2D eigenvalue weighted by Crippen LogP contribution is -2.48. The van der Waals surface area contributed by atoms with Gasteiger partial charge in [0.15, 0.2) is 5.78 Å². The minimum Gasteiger partial charge on any atom is -0.478 e. The molecule has 1 aliphatic rings. The molecule has 0 amide bonds.